The number of halogens is 1. The van der Waals surface area contributed by atoms with Gasteiger partial charge in [-0.2, -0.15) is 11.8 Å². The second-order valence-corrected chi connectivity index (χ2v) is 7.60. The van der Waals surface area contributed by atoms with E-state index in [0.717, 1.165) is 17.0 Å². The third-order valence-electron chi connectivity index (χ3n) is 4.18. The van der Waals surface area contributed by atoms with E-state index in [0.29, 0.717) is 27.6 Å². The summed E-state index contributed by atoms with van der Waals surface area (Å²) >= 11 is 7.86. The number of carbonyl (C=O) groups is 2. The smallest absolute Gasteiger partial charge is 0.336 e. The first kappa shape index (κ1) is 21.4. The molecule has 0 aromatic heterocycles. The summed E-state index contributed by atoms with van der Waals surface area (Å²) in [5.41, 5.74) is 2.95. The van der Waals surface area contributed by atoms with Gasteiger partial charge in [-0.25, -0.2) is 9.59 Å². The van der Waals surface area contributed by atoms with Gasteiger partial charge in [-0.15, -0.1) is 0 Å². The number of nitrogens with one attached hydrogen (secondary N) is 1. The van der Waals surface area contributed by atoms with Gasteiger partial charge >= 0.3 is 11.9 Å². The van der Waals surface area contributed by atoms with Gasteiger partial charge in [-0.05, 0) is 37.3 Å². The van der Waals surface area contributed by atoms with Gasteiger partial charge in [0.1, 0.15) is 0 Å². The van der Waals surface area contributed by atoms with E-state index in [-0.39, 0.29) is 6.61 Å². The van der Waals surface area contributed by atoms with Crippen molar-refractivity contribution in [3.8, 4) is 0 Å². The molecule has 0 radical (unpaired) electrons. The Labute approximate surface area is 169 Å². The van der Waals surface area contributed by atoms with Crippen molar-refractivity contribution < 1.29 is 19.1 Å². The number of benzene rings is 1. The first-order valence-corrected chi connectivity index (χ1v) is 10.3. The van der Waals surface area contributed by atoms with Crippen LogP contribution in [0.3, 0.4) is 0 Å². The van der Waals surface area contributed by atoms with Crippen molar-refractivity contribution in [2.24, 2.45) is 0 Å². The van der Waals surface area contributed by atoms with Crippen LogP contribution in [-0.4, -0.2) is 37.2 Å². The predicted molar refractivity (Wildman–Crippen MR) is 109 cm³/mol. The molecule has 1 N–H and O–H groups in total. The van der Waals surface area contributed by atoms with Crippen LogP contribution >= 0.6 is 23.4 Å². The second-order valence-electron chi connectivity index (χ2n) is 5.89. The molecule has 0 saturated heterocycles. The van der Waals surface area contributed by atoms with Crippen molar-refractivity contribution in [1.29, 1.82) is 0 Å². The summed E-state index contributed by atoms with van der Waals surface area (Å²) in [4.78, 5) is 25.4. The Balaban J connectivity index is 2.69. The van der Waals surface area contributed by atoms with Gasteiger partial charge in [0.05, 0.1) is 30.8 Å². The lowest BCUT2D eigenvalue weighted by atomic mass is 9.80. The molecule has 27 heavy (non-hydrogen) atoms. The Hall–Kier alpha value is -1.92. The molecule has 1 heterocycles. The average molecular weight is 410 g/mol. The number of methoxy groups -OCH3 is 1. The first-order chi connectivity index (χ1) is 12.9. The summed E-state index contributed by atoms with van der Waals surface area (Å²) < 4.78 is 10.3. The summed E-state index contributed by atoms with van der Waals surface area (Å²) in [6.07, 6.45) is 0. The lowest BCUT2D eigenvalue weighted by molar-refractivity contribution is -0.139. The van der Waals surface area contributed by atoms with E-state index in [9.17, 15) is 9.59 Å². The van der Waals surface area contributed by atoms with Crippen LogP contribution in [-0.2, 0) is 19.1 Å². The van der Waals surface area contributed by atoms with Gasteiger partial charge in [-0.1, -0.05) is 30.7 Å². The maximum Gasteiger partial charge on any atom is 0.336 e. The normalized spacial score (nSPS) is 16.9. The fraction of sp³-hybridized carbons (Fsp3) is 0.400. The fourth-order valence-corrected chi connectivity index (χ4v) is 3.90. The van der Waals surface area contributed by atoms with Crippen molar-refractivity contribution in [3.63, 3.8) is 0 Å². The van der Waals surface area contributed by atoms with E-state index >= 15 is 0 Å². The molecule has 1 aromatic rings. The highest BCUT2D eigenvalue weighted by atomic mass is 35.5. The number of hydrogen-bond acceptors (Lipinski definition) is 6. The summed E-state index contributed by atoms with van der Waals surface area (Å²) in [5.74, 6) is -0.0445. The molecule has 7 heteroatoms. The van der Waals surface area contributed by atoms with Crippen LogP contribution in [0.25, 0.3) is 0 Å². The van der Waals surface area contributed by atoms with Gasteiger partial charge in [0.2, 0.25) is 0 Å². The molecule has 146 valence electrons. The van der Waals surface area contributed by atoms with Gasteiger partial charge in [0.25, 0.3) is 0 Å². The molecule has 5 nitrogen and oxygen atoms in total. The largest absolute Gasteiger partial charge is 0.466 e. The van der Waals surface area contributed by atoms with Crippen molar-refractivity contribution in [2.75, 3.05) is 25.2 Å². The van der Waals surface area contributed by atoms with E-state index in [4.69, 9.17) is 21.1 Å². The summed E-state index contributed by atoms with van der Waals surface area (Å²) in [5, 5.41) is 3.75. The van der Waals surface area contributed by atoms with Crippen LogP contribution < -0.4 is 5.32 Å². The first-order valence-electron chi connectivity index (χ1n) is 8.73. The maximum absolute atomic E-state index is 12.9. The monoisotopic (exact) mass is 409 g/mol. The predicted octanol–water partition coefficient (Wildman–Crippen LogP) is 4.04. The highest BCUT2D eigenvalue weighted by molar-refractivity contribution is 7.99. The zero-order valence-electron chi connectivity index (χ0n) is 15.9. The third kappa shape index (κ3) is 4.87. The lowest BCUT2D eigenvalue weighted by Crippen LogP contribution is -2.34. The number of esters is 2. The zero-order chi connectivity index (χ0) is 20.0. The quantitative estimate of drug-likeness (QED) is 0.685. The van der Waals surface area contributed by atoms with E-state index < -0.39 is 17.9 Å². The highest BCUT2D eigenvalue weighted by Crippen LogP contribution is 2.40. The molecular formula is C20H24ClNO4S. The van der Waals surface area contributed by atoms with Gasteiger partial charge in [-0.3, -0.25) is 0 Å². The van der Waals surface area contributed by atoms with Crippen molar-refractivity contribution in [3.05, 3.63) is 57.4 Å². The van der Waals surface area contributed by atoms with Crippen LogP contribution in [0.1, 0.15) is 32.3 Å². The molecule has 1 aromatic carbocycles. The van der Waals surface area contributed by atoms with Crippen molar-refractivity contribution >= 4 is 35.3 Å². The topological polar surface area (TPSA) is 64.6 Å². The molecule has 0 spiro atoms. The minimum absolute atomic E-state index is 0.245. The number of dihydropyridines is 1. The number of ether oxygens (including phenoxy) is 2. The zero-order valence-corrected chi connectivity index (χ0v) is 17.5. The van der Waals surface area contributed by atoms with E-state index in [1.807, 2.05) is 13.0 Å². The third-order valence-corrected chi connectivity index (χ3v) is 5.31. The van der Waals surface area contributed by atoms with Crippen LogP contribution in [0.5, 0.6) is 0 Å². The molecule has 1 aliphatic rings. The number of thioether (sulfide) groups is 1. The fourth-order valence-electron chi connectivity index (χ4n) is 3.06. The van der Waals surface area contributed by atoms with Gasteiger partial charge in [0, 0.05) is 22.2 Å². The van der Waals surface area contributed by atoms with Crippen LogP contribution in [0.2, 0.25) is 5.02 Å². The Morgan fingerprint density at radius 3 is 2.56 bits per heavy atom. The van der Waals surface area contributed by atoms with Crippen LogP contribution in [0, 0.1) is 0 Å². The van der Waals surface area contributed by atoms with Crippen molar-refractivity contribution in [2.45, 2.75) is 26.7 Å². The maximum atomic E-state index is 12.9. The summed E-state index contributed by atoms with van der Waals surface area (Å²) in [6.45, 7) is 5.86. The molecule has 2 rings (SSSR count). The Kier molecular flexibility index (Phi) is 7.80. The number of rotatable bonds is 7. The molecule has 1 aliphatic heterocycles. The number of allylic oxidation sites excluding steroid dienone is 1. The minimum Gasteiger partial charge on any atom is -0.466 e. The molecule has 0 fully saturated rings. The number of carbonyl (C=O) groups excluding carboxylic acids is 2. The minimum atomic E-state index is -0.607. The Morgan fingerprint density at radius 1 is 1.22 bits per heavy atom. The molecule has 1 unspecified atom stereocenters. The molecule has 1 atom stereocenters. The Morgan fingerprint density at radius 2 is 1.96 bits per heavy atom. The average Bonchev–Trinajstić information content (AvgIpc) is 2.65. The van der Waals surface area contributed by atoms with Gasteiger partial charge < -0.3 is 14.8 Å². The van der Waals surface area contributed by atoms with Crippen LogP contribution in [0.15, 0.2) is 46.8 Å². The lowest BCUT2D eigenvalue weighted by Gasteiger charge is -2.31. The van der Waals surface area contributed by atoms with Crippen LogP contribution in [0.4, 0.5) is 0 Å². The molecule has 0 saturated carbocycles. The van der Waals surface area contributed by atoms with Gasteiger partial charge in [0.15, 0.2) is 0 Å². The molecule has 0 amide bonds. The summed E-state index contributed by atoms with van der Waals surface area (Å²) in [6, 6.07) is 7.16. The van der Waals surface area contributed by atoms with Crippen molar-refractivity contribution in [1.82, 2.24) is 5.32 Å². The summed E-state index contributed by atoms with van der Waals surface area (Å²) in [7, 11) is 1.33. The SMILES string of the molecule is CCOC(=O)C1=C(CSCC)NC(C)=C(C(=O)OC)C1c1cccc(Cl)c1. The number of hydrogen-bond donors (Lipinski definition) is 1. The molecular weight excluding hydrogens is 386 g/mol. The van der Waals surface area contributed by atoms with E-state index in [2.05, 4.69) is 12.2 Å². The second kappa shape index (κ2) is 9.85. The van der Waals surface area contributed by atoms with E-state index in [1.165, 1.54) is 7.11 Å². The van der Waals surface area contributed by atoms with E-state index in [1.54, 1.807) is 36.9 Å². The molecule has 0 aliphatic carbocycles. The Bertz CT molecular complexity index is 788. The standard InChI is InChI=1S/C20H24ClNO4S/c1-5-26-20(24)18-15(11-27-6-2)22-12(3)16(19(23)25-4)17(18)13-8-7-9-14(21)10-13/h7-10,17,22H,5-6,11H2,1-4H3. The highest BCUT2D eigenvalue weighted by Gasteiger charge is 2.38. The molecule has 0 bridgehead atoms.